The second kappa shape index (κ2) is 4.09. The Labute approximate surface area is 99.2 Å². The Balaban J connectivity index is 2.45. The Morgan fingerprint density at radius 3 is 2.69 bits per heavy atom. The molecule has 2 rings (SSSR count). The zero-order valence-corrected chi connectivity index (χ0v) is 9.62. The van der Waals surface area contributed by atoms with Gasteiger partial charge in [-0.15, -0.1) is 0 Å². The zero-order chi connectivity index (χ0) is 11.7. The number of benzene rings is 1. The molecular weight excluding hydrogens is 277 g/mol. The molecule has 0 aliphatic carbocycles. The molecule has 0 atom stereocenters. The number of carbonyl (C=O) groups excluding carboxylic acids is 1. The first-order valence-electron chi connectivity index (χ1n) is 4.43. The highest BCUT2D eigenvalue weighted by molar-refractivity contribution is 9.10. The summed E-state index contributed by atoms with van der Waals surface area (Å²) in [6.45, 7) is 0. The van der Waals surface area contributed by atoms with E-state index in [1.165, 1.54) is 24.3 Å². The third-order valence-corrected chi connectivity index (χ3v) is 2.52. The molecule has 2 aromatic rings. The van der Waals surface area contributed by atoms with Gasteiger partial charge in [-0.2, -0.15) is 0 Å². The van der Waals surface area contributed by atoms with E-state index < -0.39 is 11.6 Å². The summed E-state index contributed by atoms with van der Waals surface area (Å²) in [6.07, 6.45) is 0. The highest BCUT2D eigenvalue weighted by Crippen LogP contribution is 2.22. The van der Waals surface area contributed by atoms with Crippen molar-refractivity contribution in [2.75, 3.05) is 5.73 Å². The number of furan rings is 1. The number of hydrogen-bond donors (Lipinski definition) is 1. The van der Waals surface area contributed by atoms with E-state index in [1.807, 2.05) is 0 Å². The first-order chi connectivity index (χ1) is 7.59. The third-order valence-electron chi connectivity index (χ3n) is 2.09. The summed E-state index contributed by atoms with van der Waals surface area (Å²) in [5.74, 6) is -0.941. The quantitative estimate of drug-likeness (QED) is 0.681. The van der Waals surface area contributed by atoms with Crippen molar-refractivity contribution in [2.24, 2.45) is 0 Å². The Kier molecular flexibility index (Phi) is 2.78. The van der Waals surface area contributed by atoms with Crippen molar-refractivity contribution in [3.05, 3.63) is 52.1 Å². The molecule has 2 N–H and O–H groups in total. The van der Waals surface area contributed by atoms with Gasteiger partial charge in [0.15, 0.2) is 10.4 Å². The minimum Gasteiger partial charge on any atom is -0.446 e. The number of para-hydroxylation sites is 1. The fourth-order valence-corrected chi connectivity index (χ4v) is 1.61. The van der Waals surface area contributed by atoms with Crippen LogP contribution in [0.5, 0.6) is 0 Å². The zero-order valence-electron chi connectivity index (χ0n) is 8.04. The third kappa shape index (κ3) is 1.86. The molecule has 0 aliphatic rings. The number of hydrogen-bond acceptors (Lipinski definition) is 3. The smallest absolute Gasteiger partial charge is 0.230 e. The van der Waals surface area contributed by atoms with E-state index in [1.54, 1.807) is 6.07 Å². The van der Waals surface area contributed by atoms with Crippen LogP contribution < -0.4 is 5.73 Å². The lowest BCUT2D eigenvalue weighted by Gasteiger charge is -2.02. The SMILES string of the molecule is Nc1c(F)cccc1C(=O)c1ccc(Br)o1. The number of carbonyl (C=O) groups is 1. The molecule has 1 aromatic carbocycles. The van der Waals surface area contributed by atoms with E-state index in [2.05, 4.69) is 15.9 Å². The molecule has 0 amide bonds. The van der Waals surface area contributed by atoms with Crippen molar-refractivity contribution < 1.29 is 13.6 Å². The maximum Gasteiger partial charge on any atom is 0.230 e. The molecule has 82 valence electrons. The summed E-state index contributed by atoms with van der Waals surface area (Å²) >= 11 is 3.08. The van der Waals surface area contributed by atoms with Gasteiger partial charge in [0.05, 0.1) is 11.3 Å². The van der Waals surface area contributed by atoms with Crippen LogP contribution >= 0.6 is 15.9 Å². The highest BCUT2D eigenvalue weighted by Gasteiger charge is 2.17. The molecule has 5 heteroatoms. The normalized spacial score (nSPS) is 10.4. The van der Waals surface area contributed by atoms with Gasteiger partial charge in [-0.25, -0.2) is 4.39 Å². The first-order valence-corrected chi connectivity index (χ1v) is 5.23. The summed E-state index contributed by atoms with van der Waals surface area (Å²) in [5.41, 5.74) is 5.41. The average Bonchev–Trinajstić information content (AvgIpc) is 2.68. The second-order valence-electron chi connectivity index (χ2n) is 3.13. The van der Waals surface area contributed by atoms with Gasteiger partial charge in [0.2, 0.25) is 5.78 Å². The van der Waals surface area contributed by atoms with E-state index in [9.17, 15) is 9.18 Å². The number of rotatable bonds is 2. The lowest BCUT2D eigenvalue weighted by atomic mass is 10.1. The van der Waals surface area contributed by atoms with E-state index in [-0.39, 0.29) is 17.0 Å². The van der Waals surface area contributed by atoms with Crippen LogP contribution in [0.3, 0.4) is 0 Å². The van der Waals surface area contributed by atoms with Crippen LogP contribution in [-0.4, -0.2) is 5.78 Å². The lowest BCUT2D eigenvalue weighted by Crippen LogP contribution is -2.05. The number of nitrogens with two attached hydrogens (primary N) is 1. The number of anilines is 1. The summed E-state index contributed by atoms with van der Waals surface area (Å²) in [5, 5.41) is 0. The van der Waals surface area contributed by atoms with Crippen LogP contribution in [0.15, 0.2) is 39.4 Å². The largest absolute Gasteiger partial charge is 0.446 e. The first kappa shape index (κ1) is 10.9. The molecule has 0 unspecified atom stereocenters. The van der Waals surface area contributed by atoms with E-state index in [4.69, 9.17) is 10.2 Å². The highest BCUT2D eigenvalue weighted by atomic mass is 79.9. The molecule has 0 saturated carbocycles. The van der Waals surface area contributed by atoms with Crippen LogP contribution in [-0.2, 0) is 0 Å². The molecular formula is C11H7BrFNO2. The summed E-state index contributed by atoms with van der Waals surface area (Å²) < 4.78 is 18.7. The van der Waals surface area contributed by atoms with Crippen molar-refractivity contribution in [3.8, 4) is 0 Å². The number of halogens is 2. The molecule has 3 nitrogen and oxygen atoms in total. The minimum atomic E-state index is -0.614. The minimum absolute atomic E-state index is 0.0989. The fraction of sp³-hybridized carbons (Fsp3) is 0. The van der Waals surface area contributed by atoms with Crippen LogP contribution in [0.2, 0.25) is 0 Å². The Hall–Kier alpha value is -1.62. The number of nitrogen functional groups attached to an aromatic ring is 1. The van der Waals surface area contributed by atoms with Crippen LogP contribution in [0.1, 0.15) is 16.1 Å². The number of ketones is 1. The predicted molar refractivity (Wildman–Crippen MR) is 60.7 cm³/mol. The van der Waals surface area contributed by atoms with Gasteiger partial charge in [-0.3, -0.25) is 4.79 Å². The van der Waals surface area contributed by atoms with Crippen LogP contribution in [0.4, 0.5) is 10.1 Å². The summed E-state index contributed by atoms with van der Waals surface area (Å²) in [6, 6.07) is 7.16. The van der Waals surface area contributed by atoms with Crippen molar-refractivity contribution in [1.29, 1.82) is 0 Å². The van der Waals surface area contributed by atoms with Crippen molar-refractivity contribution in [3.63, 3.8) is 0 Å². The standard InChI is InChI=1S/C11H7BrFNO2/c12-9-5-4-8(16-9)11(15)6-2-1-3-7(13)10(6)14/h1-5H,14H2. The molecule has 0 bridgehead atoms. The lowest BCUT2D eigenvalue weighted by molar-refractivity contribution is 0.101. The molecule has 1 heterocycles. The molecule has 1 aromatic heterocycles. The molecule has 16 heavy (non-hydrogen) atoms. The molecule has 0 radical (unpaired) electrons. The van der Waals surface area contributed by atoms with Crippen LogP contribution in [0.25, 0.3) is 0 Å². The summed E-state index contributed by atoms with van der Waals surface area (Å²) in [7, 11) is 0. The maximum absolute atomic E-state index is 13.1. The fourth-order valence-electron chi connectivity index (χ4n) is 1.30. The molecule has 0 spiro atoms. The van der Waals surface area contributed by atoms with Gasteiger partial charge in [0.1, 0.15) is 5.82 Å². The van der Waals surface area contributed by atoms with E-state index in [0.29, 0.717) is 4.67 Å². The Morgan fingerprint density at radius 2 is 2.06 bits per heavy atom. The van der Waals surface area contributed by atoms with Crippen molar-refractivity contribution in [1.82, 2.24) is 0 Å². The summed E-state index contributed by atoms with van der Waals surface area (Å²) in [4.78, 5) is 11.9. The van der Waals surface area contributed by atoms with Gasteiger partial charge in [0, 0.05) is 0 Å². The predicted octanol–water partition coefficient (Wildman–Crippen LogP) is 2.99. The van der Waals surface area contributed by atoms with Gasteiger partial charge >= 0.3 is 0 Å². The van der Waals surface area contributed by atoms with Crippen LogP contribution in [0, 0.1) is 5.82 Å². The topological polar surface area (TPSA) is 56.2 Å². The van der Waals surface area contributed by atoms with E-state index in [0.717, 1.165) is 0 Å². The maximum atomic E-state index is 13.1. The molecule has 0 aliphatic heterocycles. The van der Waals surface area contributed by atoms with E-state index >= 15 is 0 Å². The Morgan fingerprint density at radius 1 is 1.31 bits per heavy atom. The monoisotopic (exact) mass is 283 g/mol. The second-order valence-corrected chi connectivity index (χ2v) is 3.92. The molecule has 0 fully saturated rings. The van der Waals surface area contributed by atoms with Gasteiger partial charge in [0.25, 0.3) is 0 Å². The van der Waals surface area contributed by atoms with Crippen molar-refractivity contribution in [2.45, 2.75) is 0 Å². The van der Waals surface area contributed by atoms with Gasteiger partial charge in [-0.05, 0) is 40.2 Å². The van der Waals surface area contributed by atoms with Gasteiger partial charge in [-0.1, -0.05) is 6.07 Å². The Bertz CT molecular complexity index is 551. The molecule has 0 saturated heterocycles. The van der Waals surface area contributed by atoms with Crippen molar-refractivity contribution >= 4 is 27.4 Å². The van der Waals surface area contributed by atoms with Gasteiger partial charge < -0.3 is 10.2 Å². The average molecular weight is 284 g/mol.